The lowest BCUT2D eigenvalue weighted by atomic mass is 10.1. The molecule has 1 aliphatic carbocycles. The van der Waals surface area contributed by atoms with E-state index in [9.17, 15) is 9.59 Å². The van der Waals surface area contributed by atoms with E-state index in [4.69, 9.17) is 0 Å². The zero-order valence-corrected chi connectivity index (χ0v) is 9.66. The van der Waals surface area contributed by atoms with Crippen LogP contribution >= 0.6 is 0 Å². The van der Waals surface area contributed by atoms with E-state index in [1.54, 1.807) is 4.90 Å². The van der Waals surface area contributed by atoms with Crippen molar-refractivity contribution in [2.75, 3.05) is 13.1 Å². The van der Waals surface area contributed by atoms with Gasteiger partial charge >= 0.3 is 0 Å². The van der Waals surface area contributed by atoms with Crippen LogP contribution < -0.4 is 5.32 Å². The first kappa shape index (κ1) is 11.2. The average molecular weight is 222 g/mol. The maximum absolute atomic E-state index is 12.2. The Kier molecular flexibility index (Phi) is 2.99. The van der Waals surface area contributed by atoms with E-state index in [2.05, 4.69) is 11.9 Å². The molecule has 16 heavy (non-hydrogen) atoms. The standard InChI is InChI=1S/C12H18N2O2/c1-8(2)7-14-6-5-10(15)13-11(12(14)16)9-3-4-9/h9,11H,1,3-7H2,2H3,(H,13,15). The first-order valence-electron chi connectivity index (χ1n) is 5.80. The topological polar surface area (TPSA) is 49.4 Å². The second kappa shape index (κ2) is 4.28. The van der Waals surface area contributed by atoms with Crippen molar-refractivity contribution in [2.45, 2.75) is 32.2 Å². The van der Waals surface area contributed by atoms with Crippen LogP contribution in [0, 0.1) is 5.92 Å². The second-order valence-electron chi connectivity index (χ2n) is 4.85. The smallest absolute Gasteiger partial charge is 0.245 e. The highest BCUT2D eigenvalue weighted by Gasteiger charge is 2.40. The number of nitrogens with one attached hydrogen (secondary N) is 1. The summed E-state index contributed by atoms with van der Waals surface area (Å²) in [6, 6.07) is -0.283. The third-order valence-electron chi connectivity index (χ3n) is 3.06. The monoisotopic (exact) mass is 222 g/mol. The molecule has 1 unspecified atom stereocenters. The molecule has 2 rings (SSSR count). The number of nitrogens with zero attached hydrogens (tertiary/aromatic N) is 1. The zero-order chi connectivity index (χ0) is 11.7. The summed E-state index contributed by atoms with van der Waals surface area (Å²) in [6.07, 6.45) is 2.51. The predicted octanol–water partition coefficient (Wildman–Crippen LogP) is 0.690. The third kappa shape index (κ3) is 2.43. The van der Waals surface area contributed by atoms with Crippen molar-refractivity contribution in [1.82, 2.24) is 10.2 Å². The Labute approximate surface area is 95.7 Å². The van der Waals surface area contributed by atoms with E-state index >= 15 is 0 Å². The van der Waals surface area contributed by atoms with Gasteiger partial charge in [-0.05, 0) is 25.7 Å². The van der Waals surface area contributed by atoms with Crippen LogP contribution in [0.25, 0.3) is 0 Å². The van der Waals surface area contributed by atoms with E-state index in [0.717, 1.165) is 18.4 Å². The maximum atomic E-state index is 12.2. The van der Waals surface area contributed by atoms with Crippen molar-refractivity contribution >= 4 is 11.8 Å². The third-order valence-corrected chi connectivity index (χ3v) is 3.06. The Hall–Kier alpha value is -1.32. The number of amides is 2. The quantitative estimate of drug-likeness (QED) is 0.714. The Morgan fingerprint density at radius 1 is 1.50 bits per heavy atom. The van der Waals surface area contributed by atoms with Crippen molar-refractivity contribution in [2.24, 2.45) is 5.92 Å². The molecule has 0 aromatic heterocycles. The number of carbonyl (C=O) groups is 2. The van der Waals surface area contributed by atoms with Crippen LogP contribution in [0.15, 0.2) is 12.2 Å². The maximum Gasteiger partial charge on any atom is 0.245 e. The van der Waals surface area contributed by atoms with Gasteiger partial charge in [0.05, 0.1) is 0 Å². The van der Waals surface area contributed by atoms with Crippen LogP contribution in [0.1, 0.15) is 26.2 Å². The highest BCUT2D eigenvalue weighted by atomic mass is 16.2. The summed E-state index contributed by atoms with van der Waals surface area (Å²) in [7, 11) is 0. The van der Waals surface area contributed by atoms with Crippen LogP contribution in [-0.4, -0.2) is 35.8 Å². The summed E-state index contributed by atoms with van der Waals surface area (Å²) in [6.45, 7) is 6.80. The second-order valence-corrected chi connectivity index (χ2v) is 4.85. The van der Waals surface area contributed by atoms with Gasteiger partial charge in [-0.25, -0.2) is 0 Å². The SMILES string of the molecule is C=C(C)CN1CCC(=O)NC(C2CC2)C1=O. The fourth-order valence-corrected chi connectivity index (χ4v) is 2.08. The molecule has 2 fully saturated rings. The lowest BCUT2D eigenvalue weighted by molar-refractivity contribution is -0.133. The molecule has 1 atom stereocenters. The molecule has 1 heterocycles. The van der Waals surface area contributed by atoms with E-state index < -0.39 is 0 Å². The number of rotatable bonds is 3. The molecular formula is C12H18N2O2. The molecule has 0 bridgehead atoms. The Morgan fingerprint density at radius 2 is 2.19 bits per heavy atom. The zero-order valence-electron chi connectivity index (χ0n) is 9.66. The van der Waals surface area contributed by atoms with Crippen molar-refractivity contribution in [3.8, 4) is 0 Å². The largest absolute Gasteiger partial charge is 0.344 e. The van der Waals surface area contributed by atoms with Gasteiger partial charge in [0, 0.05) is 19.5 Å². The highest BCUT2D eigenvalue weighted by Crippen LogP contribution is 2.34. The fourth-order valence-electron chi connectivity index (χ4n) is 2.08. The molecule has 0 spiro atoms. The number of hydrogen-bond donors (Lipinski definition) is 1. The van der Waals surface area contributed by atoms with Gasteiger partial charge in [-0.1, -0.05) is 12.2 Å². The Morgan fingerprint density at radius 3 is 2.75 bits per heavy atom. The van der Waals surface area contributed by atoms with Crippen molar-refractivity contribution < 1.29 is 9.59 Å². The number of hydrogen-bond acceptors (Lipinski definition) is 2. The van der Waals surface area contributed by atoms with Crippen molar-refractivity contribution in [3.05, 3.63) is 12.2 Å². The highest BCUT2D eigenvalue weighted by molar-refractivity contribution is 5.90. The molecular weight excluding hydrogens is 204 g/mol. The summed E-state index contributed by atoms with van der Waals surface area (Å²) in [5, 5.41) is 2.83. The molecule has 4 heteroatoms. The van der Waals surface area contributed by atoms with E-state index in [-0.39, 0.29) is 17.9 Å². The van der Waals surface area contributed by atoms with Crippen molar-refractivity contribution in [3.63, 3.8) is 0 Å². The van der Waals surface area contributed by atoms with Gasteiger partial charge in [-0.15, -0.1) is 0 Å². The summed E-state index contributed by atoms with van der Waals surface area (Å²) < 4.78 is 0. The predicted molar refractivity (Wildman–Crippen MR) is 60.7 cm³/mol. The fraction of sp³-hybridized carbons (Fsp3) is 0.667. The Bertz CT molecular complexity index is 334. The normalized spacial score (nSPS) is 26.3. The van der Waals surface area contributed by atoms with Crippen LogP contribution in [0.2, 0.25) is 0 Å². The van der Waals surface area contributed by atoms with Gasteiger partial charge < -0.3 is 10.2 Å². The van der Waals surface area contributed by atoms with Gasteiger partial charge in [0.15, 0.2) is 0 Å². The summed E-state index contributed by atoms with van der Waals surface area (Å²) in [4.78, 5) is 25.4. The summed E-state index contributed by atoms with van der Waals surface area (Å²) >= 11 is 0. The van der Waals surface area contributed by atoms with Crippen LogP contribution in [-0.2, 0) is 9.59 Å². The Balaban J connectivity index is 2.10. The van der Waals surface area contributed by atoms with Crippen LogP contribution in [0.4, 0.5) is 0 Å². The molecule has 88 valence electrons. The summed E-state index contributed by atoms with van der Waals surface area (Å²) in [5.74, 6) is 0.424. The lowest BCUT2D eigenvalue weighted by Gasteiger charge is -2.23. The molecule has 0 radical (unpaired) electrons. The summed E-state index contributed by atoms with van der Waals surface area (Å²) in [5.41, 5.74) is 0.956. The van der Waals surface area contributed by atoms with Gasteiger partial charge in [0.2, 0.25) is 11.8 Å². The molecule has 2 aliphatic rings. The molecule has 1 saturated carbocycles. The van der Waals surface area contributed by atoms with Gasteiger partial charge in [0.1, 0.15) is 6.04 Å². The molecule has 1 saturated heterocycles. The molecule has 4 nitrogen and oxygen atoms in total. The van der Waals surface area contributed by atoms with E-state index in [1.807, 2.05) is 6.92 Å². The minimum Gasteiger partial charge on any atom is -0.344 e. The molecule has 0 aromatic carbocycles. The molecule has 0 aromatic rings. The van der Waals surface area contributed by atoms with E-state index in [1.165, 1.54) is 0 Å². The van der Waals surface area contributed by atoms with Gasteiger partial charge in [-0.3, -0.25) is 9.59 Å². The minimum atomic E-state index is -0.283. The first-order chi connectivity index (χ1) is 7.58. The minimum absolute atomic E-state index is 0.00512. The van der Waals surface area contributed by atoms with Crippen LogP contribution in [0.5, 0.6) is 0 Å². The number of carbonyl (C=O) groups excluding carboxylic acids is 2. The van der Waals surface area contributed by atoms with E-state index in [0.29, 0.717) is 25.4 Å². The van der Waals surface area contributed by atoms with Gasteiger partial charge in [-0.2, -0.15) is 0 Å². The van der Waals surface area contributed by atoms with Crippen molar-refractivity contribution in [1.29, 1.82) is 0 Å². The molecule has 1 N–H and O–H groups in total. The molecule has 2 amide bonds. The van der Waals surface area contributed by atoms with Crippen LogP contribution in [0.3, 0.4) is 0 Å². The van der Waals surface area contributed by atoms with Gasteiger partial charge in [0.25, 0.3) is 0 Å². The lowest BCUT2D eigenvalue weighted by Crippen LogP contribution is -2.46. The first-order valence-corrected chi connectivity index (χ1v) is 5.80. The average Bonchev–Trinajstić information content (AvgIpc) is 3.01. The molecule has 1 aliphatic heterocycles.